The van der Waals surface area contributed by atoms with Crippen molar-refractivity contribution in [3.8, 4) is 0 Å². The number of carbonyl (C=O) groups is 3. The van der Waals surface area contributed by atoms with Crippen molar-refractivity contribution in [1.82, 2.24) is 10.3 Å². The quantitative estimate of drug-likeness (QED) is 0.306. The summed E-state index contributed by atoms with van der Waals surface area (Å²) in [6.45, 7) is -0.136. The summed E-state index contributed by atoms with van der Waals surface area (Å²) >= 11 is 5.37. The lowest BCUT2D eigenvalue weighted by Crippen LogP contribution is -2.48. The van der Waals surface area contributed by atoms with Gasteiger partial charge in [0.2, 0.25) is 0 Å². The summed E-state index contributed by atoms with van der Waals surface area (Å²) in [5.74, 6) is -1.59. The van der Waals surface area contributed by atoms with Gasteiger partial charge in [0, 0.05) is 5.88 Å². The third kappa shape index (κ3) is 6.00. The van der Waals surface area contributed by atoms with Crippen LogP contribution in [0, 0.1) is 4.91 Å². The number of nitrogens with zero attached hydrogens (tertiary/aromatic N) is 2. The molecule has 0 heterocycles. The van der Waals surface area contributed by atoms with Crippen molar-refractivity contribution >= 4 is 29.6 Å². The topological polar surface area (TPSA) is 114 Å². The molecule has 0 saturated carbocycles. The molecule has 0 spiro atoms. The van der Waals surface area contributed by atoms with Crippen molar-refractivity contribution in [2.45, 2.75) is 12.5 Å². The summed E-state index contributed by atoms with van der Waals surface area (Å²) in [5, 5.41) is 5.05. The molecule has 0 aliphatic carbocycles. The van der Waals surface area contributed by atoms with Crippen LogP contribution in [0.25, 0.3) is 0 Å². The molecule has 0 rings (SSSR count). The van der Waals surface area contributed by atoms with Crippen molar-refractivity contribution in [2.24, 2.45) is 5.29 Å². The average molecular weight is 296 g/mol. The summed E-state index contributed by atoms with van der Waals surface area (Å²) < 4.78 is 8.79. The van der Waals surface area contributed by atoms with Crippen molar-refractivity contribution in [2.75, 3.05) is 26.6 Å². The summed E-state index contributed by atoms with van der Waals surface area (Å²) in [6, 6.07) is -2.24. The maximum atomic E-state index is 11.6. The maximum absolute atomic E-state index is 11.6. The number of esters is 2. The van der Waals surface area contributed by atoms with Gasteiger partial charge in [0.25, 0.3) is 0 Å². The molecule has 10 heteroatoms. The Balaban J connectivity index is 4.70. The minimum atomic E-state index is -1.27. The number of hydrogen-bond donors (Lipinski definition) is 1. The maximum Gasteiger partial charge on any atom is 0.341 e. The van der Waals surface area contributed by atoms with Gasteiger partial charge >= 0.3 is 18.0 Å². The molecule has 0 aliphatic heterocycles. The van der Waals surface area contributed by atoms with Crippen LogP contribution in [0.5, 0.6) is 0 Å². The number of nitrogens with one attached hydrogen (secondary N) is 1. The van der Waals surface area contributed by atoms with Crippen LogP contribution in [0.1, 0.15) is 6.42 Å². The Morgan fingerprint density at radius 3 is 2.37 bits per heavy atom. The number of urea groups is 1. The standard InChI is InChI=1S/C9H14ClN3O6/c1-18-7(14)5-6(8(15)19-2)11-9(16)13(12-17)4-3-10/h6H,3-5H2,1-2H3,(H,11,16)/t6-/m0/s1. The van der Waals surface area contributed by atoms with Crippen molar-refractivity contribution in [1.29, 1.82) is 0 Å². The number of carbonyl (C=O) groups excluding carboxylic acids is 3. The van der Waals surface area contributed by atoms with Crippen molar-refractivity contribution in [3.05, 3.63) is 4.91 Å². The molecular weight excluding hydrogens is 282 g/mol. The third-order valence-electron chi connectivity index (χ3n) is 2.01. The number of hydrogen-bond acceptors (Lipinski definition) is 7. The average Bonchev–Trinajstić information content (AvgIpc) is 2.42. The van der Waals surface area contributed by atoms with E-state index in [2.05, 4.69) is 20.1 Å². The Labute approximate surface area is 114 Å². The first kappa shape index (κ1) is 17.1. The predicted molar refractivity (Wildman–Crippen MR) is 64.2 cm³/mol. The molecule has 9 nitrogen and oxygen atoms in total. The largest absolute Gasteiger partial charge is 0.469 e. The number of halogens is 1. The second-order valence-electron chi connectivity index (χ2n) is 3.20. The Morgan fingerprint density at radius 2 is 1.95 bits per heavy atom. The highest BCUT2D eigenvalue weighted by atomic mass is 35.5. The fourth-order valence-corrected chi connectivity index (χ4v) is 1.23. The third-order valence-corrected chi connectivity index (χ3v) is 2.18. The zero-order chi connectivity index (χ0) is 14.8. The van der Waals surface area contributed by atoms with Gasteiger partial charge in [-0.3, -0.25) is 4.79 Å². The number of amides is 2. The molecule has 108 valence electrons. The summed E-state index contributed by atoms with van der Waals surface area (Å²) in [7, 11) is 2.22. The molecular formula is C9H14ClN3O6. The van der Waals surface area contributed by atoms with Gasteiger partial charge in [-0.05, 0) is 0 Å². The number of alkyl halides is 1. The molecule has 0 saturated heterocycles. The van der Waals surface area contributed by atoms with Crippen molar-refractivity contribution < 1.29 is 23.9 Å². The van der Waals surface area contributed by atoms with Gasteiger partial charge < -0.3 is 14.8 Å². The number of rotatable bonds is 7. The minimum Gasteiger partial charge on any atom is -0.469 e. The van der Waals surface area contributed by atoms with Crippen LogP contribution in [0.3, 0.4) is 0 Å². The van der Waals surface area contributed by atoms with Crippen LogP contribution >= 0.6 is 11.6 Å². The molecule has 0 aliphatic rings. The predicted octanol–water partition coefficient (Wildman–Crippen LogP) is 0.0229. The monoisotopic (exact) mass is 295 g/mol. The Morgan fingerprint density at radius 1 is 1.32 bits per heavy atom. The van der Waals surface area contributed by atoms with Crippen molar-refractivity contribution in [3.63, 3.8) is 0 Å². The number of ether oxygens (including phenoxy) is 2. The fourth-order valence-electron chi connectivity index (χ4n) is 1.07. The van der Waals surface area contributed by atoms with Crippen LogP contribution in [0.4, 0.5) is 4.79 Å². The molecule has 0 radical (unpaired) electrons. The SMILES string of the molecule is COC(=O)C[C@H](NC(=O)N(CCCl)N=O)C(=O)OC. The number of nitroso groups, excluding NO2 is 1. The van der Waals surface area contributed by atoms with Gasteiger partial charge in [0.05, 0.1) is 32.5 Å². The molecule has 0 bridgehead atoms. The molecule has 0 aromatic carbocycles. The Hall–Kier alpha value is -1.90. The molecule has 2 amide bonds. The minimum absolute atomic E-state index is 0.0148. The van der Waals surface area contributed by atoms with E-state index in [0.717, 1.165) is 14.2 Å². The molecule has 0 aromatic rings. The van der Waals surface area contributed by atoms with Crippen LogP contribution < -0.4 is 5.32 Å². The lowest BCUT2D eigenvalue weighted by Gasteiger charge is -2.18. The summed E-state index contributed by atoms with van der Waals surface area (Å²) in [5.41, 5.74) is 0. The van der Waals surface area contributed by atoms with E-state index in [1.54, 1.807) is 0 Å². The summed E-state index contributed by atoms with van der Waals surface area (Å²) in [6.07, 6.45) is -0.428. The first-order valence-corrected chi connectivity index (χ1v) is 5.65. The van der Waals surface area contributed by atoms with Gasteiger partial charge in [0.1, 0.15) is 6.04 Å². The van der Waals surface area contributed by atoms with Crippen LogP contribution in [0.2, 0.25) is 0 Å². The van der Waals surface area contributed by atoms with Crippen LogP contribution in [-0.2, 0) is 19.1 Å². The van der Waals surface area contributed by atoms with E-state index < -0.39 is 30.4 Å². The second kappa shape index (κ2) is 9.09. The normalized spacial score (nSPS) is 11.1. The number of methoxy groups -OCH3 is 2. The van der Waals surface area contributed by atoms with E-state index in [1.807, 2.05) is 0 Å². The van der Waals surface area contributed by atoms with E-state index in [9.17, 15) is 19.3 Å². The van der Waals surface area contributed by atoms with E-state index in [4.69, 9.17) is 11.6 Å². The molecule has 1 N–H and O–H groups in total. The molecule has 0 unspecified atom stereocenters. The molecule has 0 fully saturated rings. The van der Waals surface area contributed by atoms with Crippen LogP contribution in [-0.4, -0.2) is 55.7 Å². The Bertz CT molecular complexity index is 351. The fraction of sp³-hybridized carbons (Fsp3) is 0.667. The highest BCUT2D eigenvalue weighted by Crippen LogP contribution is 2.00. The molecule has 0 aromatic heterocycles. The van der Waals surface area contributed by atoms with Gasteiger partial charge in [-0.2, -0.15) is 5.01 Å². The van der Waals surface area contributed by atoms with E-state index in [1.165, 1.54) is 0 Å². The van der Waals surface area contributed by atoms with E-state index >= 15 is 0 Å². The van der Waals surface area contributed by atoms with E-state index in [-0.39, 0.29) is 12.4 Å². The zero-order valence-electron chi connectivity index (χ0n) is 10.4. The highest BCUT2D eigenvalue weighted by molar-refractivity contribution is 6.18. The molecule has 19 heavy (non-hydrogen) atoms. The van der Waals surface area contributed by atoms with E-state index in [0.29, 0.717) is 5.01 Å². The first-order chi connectivity index (χ1) is 8.99. The van der Waals surface area contributed by atoms with Gasteiger partial charge in [0.15, 0.2) is 0 Å². The highest BCUT2D eigenvalue weighted by Gasteiger charge is 2.27. The zero-order valence-corrected chi connectivity index (χ0v) is 11.2. The van der Waals surface area contributed by atoms with Gasteiger partial charge in [-0.15, -0.1) is 16.5 Å². The first-order valence-electron chi connectivity index (χ1n) is 5.12. The second-order valence-corrected chi connectivity index (χ2v) is 3.58. The Kier molecular flexibility index (Phi) is 8.18. The summed E-state index contributed by atoms with van der Waals surface area (Å²) in [4.78, 5) is 44.4. The lowest BCUT2D eigenvalue weighted by atomic mass is 10.2. The lowest BCUT2D eigenvalue weighted by molar-refractivity contribution is -0.149. The molecule has 1 atom stereocenters. The van der Waals surface area contributed by atoms with Gasteiger partial charge in [-0.1, -0.05) is 0 Å². The van der Waals surface area contributed by atoms with Crippen LogP contribution in [0.15, 0.2) is 5.29 Å². The van der Waals surface area contributed by atoms with Gasteiger partial charge in [-0.25, -0.2) is 9.59 Å². The smallest absolute Gasteiger partial charge is 0.341 e.